The highest BCUT2D eigenvalue weighted by molar-refractivity contribution is 7.98. The molecule has 0 amide bonds. The van der Waals surface area contributed by atoms with E-state index < -0.39 is 5.41 Å². The molecule has 0 aromatic carbocycles. The third kappa shape index (κ3) is 2.26. The van der Waals surface area contributed by atoms with Crippen molar-refractivity contribution in [3.63, 3.8) is 0 Å². The predicted octanol–water partition coefficient (Wildman–Crippen LogP) is 3.19. The molecule has 0 saturated heterocycles. The number of hydrogen-bond acceptors (Lipinski definition) is 6. The van der Waals surface area contributed by atoms with Crippen molar-refractivity contribution in [2.24, 2.45) is 0 Å². The summed E-state index contributed by atoms with van der Waals surface area (Å²) in [6, 6.07) is 6.36. The van der Waals surface area contributed by atoms with Crippen LogP contribution in [0.2, 0.25) is 0 Å². The lowest BCUT2D eigenvalue weighted by Crippen LogP contribution is -2.33. The van der Waals surface area contributed by atoms with Crippen LogP contribution in [0, 0.1) is 18.3 Å². The number of rotatable bonds is 3. The van der Waals surface area contributed by atoms with E-state index in [2.05, 4.69) is 26.1 Å². The quantitative estimate of drug-likeness (QED) is 0.540. The van der Waals surface area contributed by atoms with E-state index in [1.807, 2.05) is 25.3 Å². The van der Waals surface area contributed by atoms with E-state index >= 15 is 0 Å². The van der Waals surface area contributed by atoms with Crippen LogP contribution in [0.15, 0.2) is 29.6 Å². The van der Waals surface area contributed by atoms with Gasteiger partial charge in [-0.2, -0.15) is 10.4 Å². The summed E-state index contributed by atoms with van der Waals surface area (Å²) in [5.41, 5.74) is 1.32. The minimum Gasteiger partial charge on any atom is -0.259 e. The van der Waals surface area contributed by atoms with E-state index in [1.54, 1.807) is 28.8 Å². The summed E-state index contributed by atoms with van der Waals surface area (Å²) in [5.74, 6) is 1.45. The monoisotopic (exact) mass is 336 g/mol. The molecule has 0 N–H and O–H groups in total. The Morgan fingerprint density at radius 3 is 2.75 bits per heavy atom. The van der Waals surface area contributed by atoms with Crippen molar-refractivity contribution < 1.29 is 0 Å². The van der Waals surface area contributed by atoms with Crippen LogP contribution >= 0.6 is 11.8 Å². The van der Waals surface area contributed by atoms with Crippen LogP contribution in [0.1, 0.15) is 30.8 Å². The normalized spacial score (nSPS) is 15.9. The minimum absolute atomic E-state index is 0.435. The molecule has 0 radical (unpaired) electrons. The first-order valence-electron chi connectivity index (χ1n) is 7.81. The number of nitriles is 1. The van der Waals surface area contributed by atoms with Gasteiger partial charge in [0.15, 0.2) is 5.82 Å². The Morgan fingerprint density at radius 1 is 1.25 bits per heavy atom. The molecule has 0 atom stereocenters. The lowest BCUT2D eigenvalue weighted by atomic mass is 9.67. The molecule has 24 heavy (non-hydrogen) atoms. The maximum Gasteiger partial charge on any atom is 0.158 e. The molecule has 0 spiro atoms. The van der Waals surface area contributed by atoms with Crippen LogP contribution in [-0.2, 0) is 5.41 Å². The first-order valence-corrected chi connectivity index (χ1v) is 9.03. The van der Waals surface area contributed by atoms with Crippen LogP contribution in [0.5, 0.6) is 0 Å². The van der Waals surface area contributed by atoms with Crippen LogP contribution in [0.3, 0.4) is 0 Å². The Morgan fingerprint density at radius 2 is 2.08 bits per heavy atom. The lowest BCUT2D eigenvalue weighted by Gasteiger charge is -2.34. The van der Waals surface area contributed by atoms with E-state index in [0.29, 0.717) is 5.82 Å². The van der Waals surface area contributed by atoms with Gasteiger partial charge in [-0.15, -0.1) is 11.8 Å². The number of aromatic nitrogens is 5. The summed E-state index contributed by atoms with van der Waals surface area (Å²) in [6.45, 7) is 1.88. The molecular weight excluding hydrogens is 320 g/mol. The molecule has 3 aromatic heterocycles. The first-order chi connectivity index (χ1) is 11.6. The summed E-state index contributed by atoms with van der Waals surface area (Å²) >= 11 is 1.58. The SMILES string of the molecule is CSc1cc(-n2ncc3cnc(C4(C#N)CCC4)cc32)nc(C)n1. The Labute approximate surface area is 144 Å². The van der Waals surface area contributed by atoms with Crippen LogP contribution in [0.25, 0.3) is 16.7 Å². The fourth-order valence-electron chi connectivity index (χ4n) is 3.06. The predicted molar refractivity (Wildman–Crippen MR) is 92.1 cm³/mol. The maximum atomic E-state index is 9.57. The molecular formula is C17H16N6S. The molecule has 3 aromatic rings. The zero-order chi connectivity index (χ0) is 16.7. The van der Waals surface area contributed by atoms with Gasteiger partial charge in [0.05, 0.1) is 28.9 Å². The van der Waals surface area contributed by atoms with Gasteiger partial charge in [0.25, 0.3) is 0 Å². The fraction of sp³-hybridized carbons (Fsp3) is 0.353. The topological polar surface area (TPSA) is 80.3 Å². The van der Waals surface area contributed by atoms with Gasteiger partial charge < -0.3 is 0 Å². The second kappa shape index (κ2) is 5.56. The molecule has 1 aliphatic carbocycles. The number of hydrogen-bond donors (Lipinski definition) is 0. The van der Waals surface area contributed by atoms with Gasteiger partial charge in [-0.25, -0.2) is 14.6 Å². The number of thioether (sulfide) groups is 1. The van der Waals surface area contributed by atoms with Gasteiger partial charge in [0.1, 0.15) is 10.9 Å². The third-order valence-electron chi connectivity index (χ3n) is 4.59. The first kappa shape index (κ1) is 15.1. The van der Waals surface area contributed by atoms with Crippen molar-refractivity contribution in [2.45, 2.75) is 36.6 Å². The zero-order valence-electron chi connectivity index (χ0n) is 13.5. The average Bonchev–Trinajstić information content (AvgIpc) is 2.97. The Bertz CT molecular complexity index is 967. The Kier molecular flexibility index (Phi) is 3.50. The van der Waals surface area contributed by atoms with Gasteiger partial charge >= 0.3 is 0 Å². The minimum atomic E-state index is -0.435. The highest BCUT2D eigenvalue weighted by Gasteiger charge is 2.40. The average molecular weight is 336 g/mol. The summed E-state index contributed by atoms with van der Waals surface area (Å²) < 4.78 is 1.80. The van der Waals surface area contributed by atoms with Gasteiger partial charge in [-0.05, 0) is 38.5 Å². The van der Waals surface area contributed by atoms with Gasteiger partial charge in [-0.3, -0.25) is 4.98 Å². The number of aryl methyl sites for hydroxylation is 1. The van der Waals surface area contributed by atoms with Crippen LogP contribution in [-0.4, -0.2) is 31.0 Å². The summed E-state index contributed by atoms with van der Waals surface area (Å²) in [7, 11) is 0. The molecule has 3 heterocycles. The molecule has 7 heteroatoms. The van der Waals surface area contributed by atoms with Crippen molar-refractivity contribution in [1.82, 2.24) is 24.7 Å². The number of fused-ring (bicyclic) bond motifs is 1. The summed E-state index contributed by atoms with van der Waals surface area (Å²) in [5, 5.41) is 15.9. The van der Waals surface area contributed by atoms with Gasteiger partial charge in [0, 0.05) is 17.6 Å². The molecule has 1 aliphatic rings. The van der Waals surface area contributed by atoms with E-state index in [1.165, 1.54) is 0 Å². The van der Waals surface area contributed by atoms with Crippen molar-refractivity contribution in [3.05, 3.63) is 36.0 Å². The summed E-state index contributed by atoms with van der Waals surface area (Å²) in [6.07, 6.45) is 8.40. The Balaban J connectivity index is 1.88. The number of nitrogens with zero attached hydrogens (tertiary/aromatic N) is 6. The summed E-state index contributed by atoms with van der Waals surface area (Å²) in [4.78, 5) is 13.4. The molecule has 120 valence electrons. The number of pyridine rings is 1. The second-order valence-corrected chi connectivity index (χ2v) is 6.87. The zero-order valence-corrected chi connectivity index (χ0v) is 14.3. The van der Waals surface area contributed by atoms with Crippen molar-refractivity contribution in [3.8, 4) is 11.9 Å². The van der Waals surface area contributed by atoms with Gasteiger partial charge in [0.2, 0.25) is 0 Å². The smallest absolute Gasteiger partial charge is 0.158 e. The van der Waals surface area contributed by atoms with Crippen molar-refractivity contribution in [2.75, 3.05) is 6.26 Å². The molecule has 4 rings (SSSR count). The maximum absolute atomic E-state index is 9.57. The standard InChI is InChI=1S/C17H16N6S/c1-11-21-15(7-16(22-11)24-2)23-13-6-14(17(10-18)4-3-5-17)19-8-12(13)9-20-23/h6-9H,3-5H2,1-2H3. The van der Waals surface area contributed by atoms with E-state index in [9.17, 15) is 5.26 Å². The molecule has 1 fully saturated rings. The third-order valence-corrected chi connectivity index (χ3v) is 5.22. The van der Waals surface area contributed by atoms with Gasteiger partial charge in [-0.1, -0.05) is 0 Å². The van der Waals surface area contributed by atoms with Crippen molar-refractivity contribution in [1.29, 1.82) is 5.26 Å². The Hall–Kier alpha value is -2.46. The van der Waals surface area contributed by atoms with E-state index in [-0.39, 0.29) is 0 Å². The molecule has 0 bridgehead atoms. The van der Waals surface area contributed by atoms with Crippen LogP contribution < -0.4 is 0 Å². The molecule has 1 saturated carbocycles. The molecule has 6 nitrogen and oxygen atoms in total. The molecule has 0 aliphatic heterocycles. The van der Waals surface area contributed by atoms with E-state index in [0.717, 1.165) is 46.7 Å². The van der Waals surface area contributed by atoms with E-state index in [4.69, 9.17) is 0 Å². The fourth-order valence-corrected chi connectivity index (χ4v) is 3.51. The highest BCUT2D eigenvalue weighted by Crippen LogP contribution is 2.42. The lowest BCUT2D eigenvalue weighted by molar-refractivity contribution is 0.316. The second-order valence-electron chi connectivity index (χ2n) is 6.05. The van der Waals surface area contributed by atoms with Crippen molar-refractivity contribution >= 4 is 22.7 Å². The highest BCUT2D eigenvalue weighted by atomic mass is 32.2. The molecule has 0 unspecified atom stereocenters. The van der Waals surface area contributed by atoms with Crippen LogP contribution in [0.4, 0.5) is 0 Å². The largest absolute Gasteiger partial charge is 0.259 e.